The van der Waals surface area contributed by atoms with Gasteiger partial charge in [-0.05, 0) is 68.6 Å². The molecule has 212 valence electrons. The van der Waals surface area contributed by atoms with Crippen LogP contribution in [0.5, 0.6) is 0 Å². The second-order valence-electron chi connectivity index (χ2n) is 11.7. The lowest BCUT2D eigenvalue weighted by atomic mass is 9.93. The van der Waals surface area contributed by atoms with E-state index in [-0.39, 0.29) is 23.8 Å². The lowest BCUT2D eigenvalue weighted by Crippen LogP contribution is -2.46. The predicted molar refractivity (Wildman–Crippen MR) is 157 cm³/mol. The Balaban J connectivity index is 1.10. The van der Waals surface area contributed by atoms with Crippen LogP contribution in [0.1, 0.15) is 79.8 Å². The van der Waals surface area contributed by atoms with Crippen molar-refractivity contribution in [2.75, 3.05) is 37.2 Å². The average Bonchev–Trinajstić information content (AvgIpc) is 3.56. The molecule has 1 unspecified atom stereocenters. The maximum Gasteiger partial charge on any atom is 0.320 e. The number of piperidine rings is 1. The van der Waals surface area contributed by atoms with Crippen LogP contribution in [0.25, 0.3) is 5.52 Å². The fourth-order valence-corrected chi connectivity index (χ4v) is 6.50. The van der Waals surface area contributed by atoms with Gasteiger partial charge < -0.3 is 20.9 Å². The number of urea groups is 1. The fraction of sp³-hybridized carbons (Fsp3) is 0.452. The summed E-state index contributed by atoms with van der Waals surface area (Å²) in [5.74, 6) is 2.45. The maximum absolute atomic E-state index is 13.1. The number of hydrogen-bond acceptors (Lipinski definition) is 6. The van der Waals surface area contributed by atoms with Gasteiger partial charge in [0, 0.05) is 62.2 Å². The van der Waals surface area contributed by atoms with Gasteiger partial charge in [-0.2, -0.15) is 0 Å². The summed E-state index contributed by atoms with van der Waals surface area (Å²) >= 11 is 0. The number of hydrogen-bond donors (Lipinski definition) is 2. The van der Waals surface area contributed by atoms with Gasteiger partial charge in [0.05, 0.1) is 5.69 Å². The molecule has 0 spiro atoms. The van der Waals surface area contributed by atoms with Gasteiger partial charge in [0.25, 0.3) is 5.91 Å². The molecule has 10 nitrogen and oxygen atoms in total. The first kappa shape index (κ1) is 25.7. The maximum atomic E-state index is 13.1. The molecule has 4 aliphatic rings. The third-order valence-electron chi connectivity index (χ3n) is 8.86. The van der Waals surface area contributed by atoms with E-state index in [4.69, 9.17) is 10.7 Å². The summed E-state index contributed by atoms with van der Waals surface area (Å²) in [5, 5.41) is 2.95. The predicted octanol–water partition coefficient (Wildman–Crippen LogP) is 4.59. The third kappa shape index (κ3) is 5.07. The smallest absolute Gasteiger partial charge is 0.320 e. The number of carbonyl (C=O) groups excluding carboxylic acids is 2. The molecule has 2 atom stereocenters. The number of nitrogens with zero attached hydrogens (tertiary/aromatic N) is 6. The molecule has 3 fully saturated rings. The molecule has 3 aromatic heterocycles. The molecule has 41 heavy (non-hydrogen) atoms. The molecule has 2 aliphatic carbocycles. The van der Waals surface area contributed by atoms with E-state index < -0.39 is 0 Å². The normalized spacial score (nSPS) is 22.7. The van der Waals surface area contributed by atoms with Gasteiger partial charge in [-0.1, -0.05) is 18.2 Å². The number of fused-ring (bicyclic) bond motifs is 1. The van der Waals surface area contributed by atoms with Gasteiger partial charge >= 0.3 is 6.03 Å². The van der Waals surface area contributed by atoms with Crippen LogP contribution in [0.15, 0.2) is 54.5 Å². The van der Waals surface area contributed by atoms with Crippen molar-refractivity contribution in [2.24, 2.45) is 0 Å². The Morgan fingerprint density at radius 3 is 2.59 bits per heavy atom. The standard InChI is InChI=1S/C31H36N8O2/c32-28-27-26(21-7-9-22(10-8-21)30(40)35-25-18-23(11-12-33-25)20-5-6-20)36-29(39(27)17-13-34-28)24-4-3-16-38(19-24)31(41)37-14-1-2-15-37/h7,9-13,17-18,20-21,24H,1-6,8,14-16,19H2,(H2,32,34)(H,33,35,40)/t21?,24-/m1/s1. The summed E-state index contributed by atoms with van der Waals surface area (Å²) in [6, 6.07) is 4.15. The molecule has 3 amide bonds. The van der Waals surface area contributed by atoms with Crippen LogP contribution in [0, 0.1) is 0 Å². The van der Waals surface area contributed by atoms with Crippen molar-refractivity contribution in [2.45, 2.75) is 62.7 Å². The van der Waals surface area contributed by atoms with E-state index in [0.717, 1.165) is 62.4 Å². The summed E-state index contributed by atoms with van der Waals surface area (Å²) in [7, 11) is 0. The van der Waals surface area contributed by atoms with E-state index >= 15 is 0 Å². The second-order valence-corrected chi connectivity index (χ2v) is 11.7. The van der Waals surface area contributed by atoms with E-state index in [1.54, 1.807) is 12.4 Å². The SMILES string of the molecule is Nc1nccn2c([C@@H]3CCCN(C(=O)N4CCCC4)C3)nc(C3C=CC(C(=O)Nc4cc(C5CC5)ccn4)=CC3)c12. The summed E-state index contributed by atoms with van der Waals surface area (Å²) in [5.41, 5.74) is 9.92. The average molecular weight is 553 g/mol. The molecule has 7 rings (SSSR count). The number of carbonyl (C=O) groups is 2. The van der Waals surface area contributed by atoms with Crippen molar-refractivity contribution < 1.29 is 9.59 Å². The monoisotopic (exact) mass is 552 g/mol. The van der Waals surface area contributed by atoms with Crippen LogP contribution in [0.4, 0.5) is 16.4 Å². The first-order valence-electron chi connectivity index (χ1n) is 14.9. The van der Waals surface area contributed by atoms with Gasteiger partial charge in [0.2, 0.25) is 0 Å². The molecule has 0 radical (unpaired) electrons. The zero-order valence-corrected chi connectivity index (χ0v) is 23.2. The van der Waals surface area contributed by atoms with E-state index in [9.17, 15) is 9.59 Å². The molecule has 0 aromatic carbocycles. The quantitative estimate of drug-likeness (QED) is 0.478. The highest BCUT2D eigenvalue weighted by molar-refractivity contribution is 6.05. The van der Waals surface area contributed by atoms with Crippen molar-refractivity contribution in [3.63, 3.8) is 0 Å². The molecule has 5 heterocycles. The van der Waals surface area contributed by atoms with Gasteiger partial charge in [-0.3, -0.25) is 9.20 Å². The topological polar surface area (TPSA) is 122 Å². The number of allylic oxidation sites excluding steroid dienone is 2. The van der Waals surface area contributed by atoms with E-state index in [2.05, 4.69) is 19.7 Å². The van der Waals surface area contributed by atoms with Crippen molar-refractivity contribution in [3.05, 3.63) is 71.6 Å². The zero-order chi connectivity index (χ0) is 27.9. The number of imidazole rings is 1. The van der Waals surface area contributed by atoms with Crippen LogP contribution in [0.3, 0.4) is 0 Å². The largest absolute Gasteiger partial charge is 0.382 e. The Morgan fingerprint density at radius 1 is 0.976 bits per heavy atom. The van der Waals surface area contributed by atoms with E-state index in [0.29, 0.717) is 36.1 Å². The number of pyridine rings is 1. The first-order valence-corrected chi connectivity index (χ1v) is 14.9. The molecule has 3 N–H and O–H groups in total. The summed E-state index contributed by atoms with van der Waals surface area (Å²) in [6.07, 6.45) is 18.3. The highest BCUT2D eigenvalue weighted by Gasteiger charge is 2.33. The molecular formula is C31H36N8O2. The third-order valence-corrected chi connectivity index (χ3v) is 8.86. The minimum absolute atomic E-state index is 0.0379. The molecular weight excluding hydrogens is 516 g/mol. The van der Waals surface area contributed by atoms with Crippen molar-refractivity contribution in [3.8, 4) is 0 Å². The molecule has 1 saturated carbocycles. The van der Waals surface area contributed by atoms with Crippen LogP contribution in [-0.4, -0.2) is 67.3 Å². The number of likely N-dealkylation sites (tertiary alicyclic amines) is 2. The number of amides is 3. The molecule has 2 saturated heterocycles. The van der Waals surface area contributed by atoms with Gasteiger partial charge in [0.1, 0.15) is 23.0 Å². The number of nitrogens with one attached hydrogen (secondary N) is 1. The lowest BCUT2D eigenvalue weighted by Gasteiger charge is -2.34. The minimum atomic E-state index is -0.165. The van der Waals surface area contributed by atoms with E-state index in [1.165, 1.54) is 18.4 Å². The molecule has 0 bridgehead atoms. The number of nitrogen functional groups attached to an aromatic ring is 1. The highest BCUT2D eigenvalue weighted by Crippen LogP contribution is 2.40. The Kier molecular flexibility index (Phi) is 6.68. The zero-order valence-electron chi connectivity index (χ0n) is 23.2. The minimum Gasteiger partial charge on any atom is -0.382 e. The number of rotatable bonds is 5. The lowest BCUT2D eigenvalue weighted by molar-refractivity contribution is -0.112. The van der Waals surface area contributed by atoms with Crippen LogP contribution < -0.4 is 11.1 Å². The summed E-state index contributed by atoms with van der Waals surface area (Å²) in [6.45, 7) is 3.14. The van der Waals surface area contributed by atoms with Crippen LogP contribution >= 0.6 is 0 Å². The van der Waals surface area contributed by atoms with Crippen molar-refractivity contribution in [1.82, 2.24) is 29.2 Å². The molecule has 2 aliphatic heterocycles. The van der Waals surface area contributed by atoms with E-state index in [1.807, 2.05) is 46.4 Å². The van der Waals surface area contributed by atoms with Gasteiger partial charge in [-0.25, -0.2) is 19.7 Å². The summed E-state index contributed by atoms with van der Waals surface area (Å²) in [4.78, 5) is 44.0. The number of nitrogens with two attached hydrogens (primary N) is 1. The van der Waals surface area contributed by atoms with Gasteiger partial charge in [-0.15, -0.1) is 0 Å². The fourth-order valence-electron chi connectivity index (χ4n) is 6.50. The summed E-state index contributed by atoms with van der Waals surface area (Å²) < 4.78 is 2.06. The van der Waals surface area contributed by atoms with Crippen LogP contribution in [0.2, 0.25) is 0 Å². The van der Waals surface area contributed by atoms with Crippen LogP contribution in [-0.2, 0) is 4.79 Å². The van der Waals surface area contributed by atoms with Gasteiger partial charge in [0.15, 0.2) is 0 Å². The Hall–Kier alpha value is -4.21. The Labute approximate surface area is 239 Å². The number of aromatic nitrogens is 4. The molecule has 3 aromatic rings. The van der Waals surface area contributed by atoms with Crippen molar-refractivity contribution >= 4 is 29.1 Å². The molecule has 10 heteroatoms. The first-order chi connectivity index (χ1) is 20.0. The Bertz CT molecular complexity index is 1550. The Morgan fingerprint density at radius 2 is 1.80 bits per heavy atom. The van der Waals surface area contributed by atoms with Crippen molar-refractivity contribution in [1.29, 1.82) is 0 Å². The second kappa shape index (κ2) is 10.6. The number of anilines is 2. The highest BCUT2D eigenvalue weighted by atomic mass is 16.2.